The van der Waals surface area contributed by atoms with Gasteiger partial charge in [-0.1, -0.05) is 27.7 Å². The maximum absolute atomic E-state index is 4.58. The molecule has 0 aliphatic rings. The van der Waals surface area contributed by atoms with Crippen molar-refractivity contribution in [2.45, 2.75) is 46.5 Å². The van der Waals surface area contributed by atoms with E-state index < -0.39 is 0 Å². The van der Waals surface area contributed by atoms with Gasteiger partial charge in [0.1, 0.15) is 18.0 Å². The first-order valence-corrected chi connectivity index (χ1v) is 7.10. The molecule has 0 aromatic carbocycles. The summed E-state index contributed by atoms with van der Waals surface area (Å²) >= 11 is 0. The van der Waals surface area contributed by atoms with Crippen LogP contribution in [-0.2, 0) is 12.8 Å². The van der Waals surface area contributed by atoms with Crippen molar-refractivity contribution in [1.82, 2.24) is 24.7 Å². The van der Waals surface area contributed by atoms with Crippen LogP contribution in [0.15, 0.2) is 6.33 Å². The van der Waals surface area contributed by atoms with E-state index in [1.807, 2.05) is 11.7 Å². The lowest BCUT2D eigenvalue weighted by molar-refractivity contribution is 0.732. The van der Waals surface area contributed by atoms with Crippen molar-refractivity contribution in [3.8, 4) is 5.82 Å². The summed E-state index contributed by atoms with van der Waals surface area (Å²) in [6, 6.07) is 0. The van der Waals surface area contributed by atoms with E-state index in [0.717, 1.165) is 41.7 Å². The highest BCUT2D eigenvalue weighted by atomic mass is 15.4. The van der Waals surface area contributed by atoms with Crippen molar-refractivity contribution in [3.05, 3.63) is 23.5 Å². The molecule has 2 aromatic rings. The van der Waals surface area contributed by atoms with E-state index in [1.165, 1.54) is 0 Å². The molecule has 0 saturated heterocycles. The highest BCUT2D eigenvalue weighted by Crippen LogP contribution is 2.27. The number of hydrogen-bond acceptors (Lipinski definition) is 5. The van der Waals surface area contributed by atoms with Gasteiger partial charge in [0.05, 0.1) is 0 Å². The third kappa shape index (κ3) is 2.50. The highest BCUT2D eigenvalue weighted by Gasteiger charge is 2.19. The van der Waals surface area contributed by atoms with Crippen molar-refractivity contribution in [3.63, 3.8) is 0 Å². The first-order chi connectivity index (χ1) is 9.62. The standard InChI is InChI=1S/C14H22N6/c1-6-10-18-11(7-2)20(19-10)14-12(9(3)4)13(15-5)16-8-17-14/h8-9H,6-7H2,1-5H3,(H,15,16,17). The fourth-order valence-electron chi connectivity index (χ4n) is 2.23. The predicted octanol–water partition coefficient (Wildman–Crippen LogP) is 2.35. The van der Waals surface area contributed by atoms with E-state index in [9.17, 15) is 0 Å². The molecule has 0 saturated carbocycles. The van der Waals surface area contributed by atoms with E-state index in [4.69, 9.17) is 0 Å². The molecule has 1 N–H and O–H groups in total. The maximum atomic E-state index is 4.58. The Labute approximate surface area is 119 Å². The molecular formula is C14H22N6. The van der Waals surface area contributed by atoms with Crippen molar-refractivity contribution in [2.24, 2.45) is 0 Å². The Balaban J connectivity index is 2.65. The monoisotopic (exact) mass is 274 g/mol. The summed E-state index contributed by atoms with van der Waals surface area (Å²) in [6.45, 7) is 8.40. The molecule has 0 unspecified atom stereocenters. The van der Waals surface area contributed by atoms with Gasteiger partial charge in [0.15, 0.2) is 11.6 Å². The van der Waals surface area contributed by atoms with Gasteiger partial charge in [0.25, 0.3) is 0 Å². The molecular weight excluding hydrogens is 252 g/mol. The van der Waals surface area contributed by atoms with E-state index in [-0.39, 0.29) is 0 Å². The largest absolute Gasteiger partial charge is 0.373 e. The topological polar surface area (TPSA) is 68.5 Å². The molecule has 0 amide bonds. The second-order valence-corrected chi connectivity index (χ2v) is 4.93. The Bertz CT molecular complexity index is 587. The summed E-state index contributed by atoms with van der Waals surface area (Å²) in [6.07, 6.45) is 3.21. The molecule has 0 radical (unpaired) electrons. The summed E-state index contributed by atoms with van der Waals surface area (Å²) < 4.78 is 1.86. The maximum Gasteiger partial charge on any atom is 0.164 e. The smallest absolute Gasteiger partial charge is 0.164 e. The molecule has 2 rings (SSSR count). The first-order valence-electron chi connectivity index (χ1n) is 7.10. The van der Waals surface area contributed by atoms with Crippen LogP contribution in [0.1, 0.15) is 50.8 Å². The van der Waals surface area contributed by atoms with Gasteiger partial charge in [0.2, 0.25) is 0 Å². The number of nitrogens with zero attached hydrogens (tertiary/aromatic N) is 5. The van der Waals surface area contributed by atoms with Crippen LogP contribution >= 0.6 is 0 Å². The minimum absolute atomic E-state index is 0.299. The summed E-state index contributed by atoms with van der Waals surface area (Å²) in [7, 11) is 1.87. The molecule has 0 fully saturated rings. The van der Waals surface area contributed by atoms with Crippen LogP contribution in [-0.4, -0.2) is 31.8 Å². The number of aryl methyl sites for hydroxylation is 2. The van der Waals surface area contributed by atoms with Crippen molar-refractivity contribution >= 4 is 5.82 Å². The molecule has 0 spiro atoms. The summed E-state index contributed by atoms with van der Waals surface area (Å²) in [5.74, 6) is 3.75. The Morgan fingerprint density at radius 1 is 1.20 bits per heavy atom. The zero-order valence-corrected chi connectivity index (χ0v) is 12.8. The lowest BCUT2D eigenvalue weighted by Crippen LogP contribution is -2.12. The lowest BCUT2D eigenvalue weighted by atomic mass is 10.0. The van der Waals surface area contributed by atoms with Gasteiger partial charge in [-0.25, -0.2) is 15.0 Å². The SMILES string of the molecule is CCc1nc(CC)n(-c2ncnc(NC)c2C(C)C)n1. The molecule has 20 heavy (non-hydrogen) atoms. The van der Waals surface area contributed by atoms with Crippen LogP contribution in [0.25, 0.3) is 5.82 Å². The van der Waals surface area contributed by atoms with Crippen molar-refractivity contribution < 1.29 is 0 Å². The van der Waals surface area contributed by atoms with Crippen LogP contribution in [0.5, 0.6) is 0 Å². The minimum Gasteiger partial charge on any atom is -0.373 e. The average molecular weight is 274 g/mol. The van der Waals surface area contributed by atoms with Gasteiger partial charge in [-0.2, -0.15) is 4.68 Å². The molecule has 0 aliphatic carbocycles. The molecule has 108 valence electrons. The van der Waals surface area contributed by atoms with Gasteiger partial charge in [0, 0.05) is 25.5 Å². The number of aromatic nitrogens is 5. The third-order valence-corrected chi connectivity index (χ3v) is 3.23. The Kier molecular flexibility index (Phi) is 4.32. The Morgan fingerprint density at radius 3 is 2.50 bits per heavy atom. The van der Waals surface area contributed by atoms with Crippen LogP contribution in [0.4, 0.5) is 5.82 Å². The van der Waals surface area contributed by atoms with Gasteiger partial charge < -0.3 is 5.32 Å². The summed E-state index contributed by atoms with van der Waals surface area (Å²) in [5.41, 5.74) is 1.07. The van der Waals surface area contributed by atoms with Crippen LogP contribution in [0, 0.1) is 0 Å². The van der Waals surface area contributed by atoms with Gasteiger partial charge in [-0.15, -0.1) is 5.10 Å². The van der Waals surface area contributed by atoms with E-state index in [1.54, 1.807) is 6.33 Å². The van der Waals surface area contributed by atoms with Crippen molar-refractivity contribution in [1.29, 1.82) is 0 Å². The molecule has 0 aliphatic heterocycles. The summed E-state index contributed by atoms with van der Waals surface area (Å²) in [4.78, 5) is 13.3. The Morgan fingerprint density at radius 2 is 1.95 bits per heavy atom. The second-order valence-electron chi connectivity index (χ2n) is 4.93. The van der Waals surface area contributed by atoms with Gasteiger partial charge >= 0.3 is 0 Å². The van der Waals surface area contributed by atoms with Gasteiger partial charge in [-0.3, -0.25) is 0 Å². The average Bonchev–Trinajstić information content (AvgIpc) is 2.89. The first kappa shape index (κ1) is 14.4. The summed E-state index contributed by atoms with van der Waals surface area (Å²) in [5, 5.41) is 7.71. The van der Waals surface area contributed by atoms with E-state index >= 15 is 0 Å². The lowest BCUT2D eigenvalue weighted by Gasteiger charge is -2.15. The molecule has 6 heteroatoms. The number of nitrogens with one attached hydrogen (secondary N) is 1. The highest BCUT2D eigenvalue weighted by molar-refractivity contribution is 5.53. The molecule has 6 nitrogen and oxygen atoms in total. The van der Waals surface area contributed by atoms with Crippen molar-refractivity contribution in [2.75, 3.05) is 12.4 Å². The second kappa shape index (κ2) is 5.98. The normalized spacial score (nSPS) is 11.1. The van der Waals surface area contributed by atoms with Gasteiger partial charge in [-0.05, 0) is 5.92 Å². The molecule has 2 heterocycles. The van der Waals surface area contributed by atoms with Crippen LogP contribution in [0.3, 0.4) is 0 Å². The van der Waals surface area contributed by atoms with E-state index in [0.29, 0.717) is 5.92 Å². The zero-order valence-electron chi connectivity index (χ0n) is 12.8. The quantitative estimate of drug-likeness (QED) is 0.906. The Hall–Kier alpha value is -1.98. The molecule has 0 atom stereocenters. The number of hydrogen-bond donors (Lipinski definition) is 1. The zero-order chi connectivity index (χ0) is 14.7. The molecule has 0 bridgehead atoms. The predicted molar refractivity (Wildman–Crippen MR) is 79.3 cm³/mol. The number of anilines is 1. The fourth-order valence-corrected chi connectivity index (χ4v) is 2.23. The minimum atomic E-state index is 0.299. The number of rotatable bonds is 5. The fraction of sp³-hybridized carbons (Fsp3) is 0.571. The van der Waals surface area contributed by atoms with E-state index in [2.05, 4.69) is 53.1 Å². The third-order valence-electron chi connectivity index (χ3n) is 3.23. The van der Waals surface area contributed by atoms with Crippen LogP contribution in [0.2, 0.25) is 0 Å². The van der Waals surface area contributed by atoms with Crippen LogP contribution < -0.4 is 5.32 Å². The molecule has 2 aromatic heterocycles.